The third kappa shape index (κ3) is 2.61. The molecule has 0 bridgehead atoms. The molecule has 2 aromatic rings. The number of para-hydroxylation sites is 1. The van der Waals surface area contributed by atoms with Crippen LogP contribution in [0.5, 0.6) is 0 Å². The number of nitro groups is 1. The first-order chi connectivity index (χ1) is 10.2. The van der Waals surface area contributed by atoms with Gasteiger partial charge in [-0.25, -0.2) is 0 Å². The maximum atomic E-state index is 11.4. The van der Waals surface area contributed by atoms with Gasteiger partial charge in [0, 0.05) is 31.0 Å². The van der Waals surface area contributed by atoms with Gasteiger partial charge in [-0.15, -0.1) is 0 Å². The molecular formula is C15H18N4O2. The standard InChI is InChI=1S/C15H18N4O2/c1-12-5-2-7-14(15(12)19(20)21)17-9-3-6-13(11-17)18-10-4-8-16-18/h2,4-5,7-8,10,13H,3,6,9,11H2,1H3. The third-order valence-electron chi connectivity index (χ3n) is 4.04. The van der Waals surface area contributed by atoms with Crippen LogP contribution in [-0.4, -0.2) is 27.8 Å². The van der Waals surface area contributed by atoms with Crippen molar-refractivity contribution in [3.8, 4) is 0 Å². The first-order valence-electron chi connectivity index (χ1n) is 7.15. The molecule has 0 saturated carbocycles. The highest BCUT2D eigenvalue weighted by Crippen LogP contribution is 2.34. The number of hydrogen-bond acceptors (Lipinski definition) is 4. The third-order valence-corrected chi connectivity index (χ3v) is 4.04. The molecule has 1 aliphatic heterocycles. The van der Waals surface area contributed by atoms with Crippen molar-refractivity contribution in [3.05, 3.63) is 52.3 Å². The lowest BCUT2D eigenvalue weighted by Gasteiger charge is -2.34. The first kappa shape index (κ1) is 13.6. The fourth-order valence-electron chi connectivity index (χ4n) is 3.02. The zero-order chi connectivity index (χ0) is 14.8. The molecule has 3 rings (SSSR count). The SMILES string of the molecule is Cc1cccc(N2CCCC(n3cccn3)C2)c1[N+](=O)[O-]. The number of nitrogens with zero attached hydrogens (tertiary/aromatic N) is 4. The summed E-state index contributed by atoms with van der Waals surface area (Å²) >= 11 is 0. The Morgan fingerprint density at radius 3 is 2.95 bits per heavy atom. The van der Waals surface area contributed by atoms with E-state index in [0.717, 1.165) is 31.6 Å². The van der Waals surface area contributed by atoms with Gasteiger partial charge in [0.05, 0.1) is 11.0 Å². The van der Waals surface area contributed by atoms with E-state index in [1.165, 1.54) is 0 Å². The van der Waals surface area contributed by atoms with Crippen LogP contribution in [0, 0.1) is 17.0 Å². The van der Waals surface area contributed by atoms with E-state index < -0.39 is 0 Å². The Bertz CT molecular complexity index is 639. The highest BCUT2D eigenvalue weighted by Gasteiger charge is 2.27. The van der Waals surface area contributed by atoms with Gasteiger partial charge < -0.3 is 4.90 Å². The van der Waals surface area contributed by atoms with Crippen LogP contribution >= 0.6 is 0 Å². The van der Waals surface area contributed by atoms with E-state index in [1.54, 1.807) is 19.2 Å². The Labute approximate surface area is 123 Å². The van der Waals surface area contributed by atoms with Gasteiger partial charge in [-0.05, 0) is 31.9 Å². The quantitative estimate of drug-likeness (QED) is 0.643. The molecule has 0 radical (unpaired) electrons. The Hall–Kier alpha value is -2.37. The average Bonchev–Trinajstić information content (AvgIpc) is 3.01. The van der Waals surface area contributed by atoms with E-state index >= 15 is 0 Å². The van der Waals surface area contributed by atoms with Gasteiger partial charge in [0.15, 0.2) is 0 Å². The van der Waals surface area contributed by atoms with Crippen LogP contribution in [0.15, 0.2) is 36.7 Å². The summed E-state index contributed by atoms with van der Waals surface area (Å²) in [4.78, 5) is 13.2. The van der Waals surface area contributed by atoms with Crippen molar-refractivity contribution in [2.24, 2.45) is 0 Å². The van der Waals surface area contributed by atoms with Gasteiger partial charge in [-0.3, -0.25) is 14.8 Å². The summed E-state index contributed by atoms with van der Waals surface area (Å²) in [7, 11) is 0. The molecule has 0 aliphatic carbocycles. The van der Waals surface area contributed by atoms with Gasteiger partial charge >= 0.3 is 0 Å². The summed E-state index contributed by atoms with van der Waals surface area (Å²) in [6.07, 6.45) is 5.79. The molecule has 6 heteroatoms. The largest absolute Gasteiger partial charge is 0.364 e. The van der Waals surface area contributed by atoms with Gasteiger partial charge in [0.2, 0.25) is 0 Å². The van der Waals surface area contributed by atoms with E-state index in [0.29, 0.717) is 5.56 Å². The van der Waals surface area contributed by atoms with Crippen molar-refractivity contribution in [1.82, 2.24) is 9.78 Å². The van der Waals surface area contributed by atoms with E-state index in [2.05, 4.69) is 10.00 Å². The maximum absolute atomic E-state index is 11.4. The molecule has 1 aliphatic rings. The predicted molar refractivity (Wildman–Crippen MR) is 80.5 cm³/mol. The highest BCUT2D eigenvalue weighted by atomic mass is 16.6. The molecular weight excluding hydrogens is 268 g/mol. The van der Waals surface area contributed by atoms with Crippen LogP contribution in [0.2, 0.25) is 0 Å². The van der Waals surface area contributed by atoms with E-state index in [1.807, 2.05) is 29.1 Å². The summed E-state index contributed by atoms with van der Waals surface area (Å²) in [5, 5.41) is 15.7. The minimum atomic E-state index is -0.276. The Morgan fingerprint density at radius 1 is 1.38 bits per heavy atom. The molecule has 0 amide bonds. The van der Waals surface area contributed by atoms with Crippen molar-refractivity contribution in [2.75, 3.05) is 18.0 Å². The van der Waals surface area contributed by atoms with Gasteiger partial charge in [0.1, 0.15) is 5.69 Å². The van der Waals surface area contributed by atoms with Crippen LogP contribution in [-0.2, 0) is 0 Å². The minimum Gasteiger partial charge on any atom is -0.364 e. The fourth-order valence-corrected chi connectivity index (χ4v) is 3.02. The summed E-state index contributed by atoms with van der Waals surface area (Å²) < 4.78 is 1.95. The second-order valence-electron chi connectivity index (χ2n) is 5.43. The van der Waals surface area contributed by atoms with Crippen molar-refractivity contribution in [2.45, 2.75) is 25.8 Å². The monoisotopic (exact) mass is 286 g/mol. The fraction of sp³-hybridized carbons (Fsp3) is 0.400. The summed E-state index contributed by atoms with van der Waals surface area (Å²) in [5.41, 5.74) is 1.65. The molecule has 1 aromatic carbocycles. The Morgan fingerprint density at radius 2 is 2.24 bits per heavy atom. The van der Waals surface area contributed by atoms with Crippen molar-refractivity contribution < 1.29 is 4.92 Å². The molecule has 1 unspecified atom stereocenters. The zero-order valence-corrected chi connectivity index (χ0v) is 12.0. The number of aryl methyl sites for hydroxylation is 1. The van der Waals surface area contributed by atoms with Gasteiger partial charge in [-0.1, -0.05) is 12.1 Å². The summed E-state index contributed by atoms with van der Waals surface area (Å²) in [6.45, 7) is 3.39. The number of piperidine rings is 1. The first-order valence-corrected chi connectivity index (χ1v) is 7.15. The summed E-state index contributed by atoms with van der Waals surface area (Å²) in [5.74, 6) is 0. The second-order valence-corrected chi connectivity index (χ2v) is 5.43. The number of benzene rings is 1. The minimum absolute atomic E-state index is 0.221. The molecule has 0 N–H and O–H groups in total. The molecule has 6 nitrogen and oxygen atoms in total. The molecule has 1 fully saturated rings. The van der Waals surface area contributed by atoms with Crippen molar-refractivity contribution in [1.29, 1.82) is 0 Å². The number of rotatable bonds is 3. The Kier molecular flexibility index (Phi) is 3.60. The molecule has 21 heavy (non-hydrogen) atoms. The van der Waals surface area contributed by atoms with Crippen LogP contribution in [0.25, 0.3) is 0 Å². The number of aromatic nitrogens is 2. The average molecular weight is 286 g/mol. The van der Waals surface area contributed by atoms with Gasteiger partial charge in [0.25, 0.3) is 5.69 Å². The topological polar surface area (TPSA) is 64.2 Å². The smallest absolute Gasteiger partial charge is 0.295 e. The van der Waals surface area contributed by atoms with E-state index in [9.17, 15) is 10.1 Å². The van der Waals surface area contributed by atoms with Crippen LogP contribution < -0.4 is 4.90 Å². The molecule has 110 valence electrons. The number of anilines is 1. The zero-order valence-electron chi connectivity index (χ0n) is 12.0. The predicted octanol–water partition coefficient (Wildman–Crippen LogP) is 2.94. The molecule has 2 heterocycles. The molecule has 1 atom stereocenters. The molecule has 1 aromatic heterocycles. The van der Waals surface area contributed by atoms with Crippen molar-refractivity contribution >= 4 is 11.4 Å². The van der Waals surface area contributed by atoms with Crippen LogP contribution in [0.3, 0.4) is 0 Å². The lowest BCUT2D eigenvalue weighted by molar-refractivity contribution is -0.384. The van der Waals surface area contributed by atoms with Crippen LogP contribution in [0.1, 0.15) is 24.4 Å². The van der Waals surface area contributed by atoms with E-state index in [-0.39, 0.29) is 16.7 Å². The maximum Gasteiger partial charge on any atom is 0.295 e. The van der Waals surface area contributed by atoms with E-state index in [4.69, 9.17) is 0 Å². The lowest BCUT2D eigenvalue weighted by atomic mass is 10.0. The molecule has 0 spiro atoms. The van der Waals surface area contributed by atoms with Crippen molar-refractivity contribution in [3.63, 3.8) is 0 Å². The second kappa shape index (κ2) is 5.55. The molecule has 1 saturated heterocycles. The lowest BCUT2D eigenvalue weighted by Crippen LogP contribution is -2.37. The number of hydrogen-bond donors (Lipinski definition) is 0. The number of nitro benzene ring substituents is 1. The van der Waals surface area contributed by atoms with Crippen LogP contribution in [0.4, 0.5) is 11.4 Å². The Balaban J connectivity index is 1.90. The van der Waals surface area contributed by atoms with Gasteiger partial charge in [-0.2, -0.15) is 5.10 Å². The summed E-state index contributed by atoms with van der Waals surface area (Å²) in [6, 6.07) is 7.70. The highest BCUT2D eigenvalue weighted by molar-refractivity contribution is 5.66. The normalized spacial score (nSPS) is 18.7.